The van der Waals surface area contributed by atoms with E-state index in [2.05, 4.69) is 22.3 Å². The van der Waals surface area contributed by atoms with Gasteiger partial charge in [-0.3, -0.25) is 4.68 Å². The Kier molecular flexibility index (Phi) is 2.55. The number of rotatable bonds is 4. The Morgan fingerprint density at radius 3 is 2.60 bits per heavy atom. The van der Waals surface area contributed by atoms with Crippen molar-refractivity contribution in [3.05, 3.63) is 18.0 Å². The summed E-state index contributed by atoms with van der Waals surface area (Å²) in [5, 5.41) is 8.60. The number of fused-ring (bicyclic) bond motifs is 5. The number of aromatic nitrogens is 2. The monoisotopic (exact) mass is 271 g/mol. The lowest BCUT2D eigenvalue weighted by molar-refractivity contribution is 0.446. The van der Waals surface area contributed by atoms with Crippen molar-refractivity contribution >= 4 is 0 Å². The van der Waals surface area contributed by atoms with Crippen molar-refractivity contribution in [3.8, 4) is 0 Å². The predicted octanol–water partition coefficient (Wildman–Crippen LogP) is 3.13. The van der Waals surface area contributed by atoms with Crippen LogP contribution in [0.15, 0.2) is 12.3 Å². The van der Waals surface area contributed by atoms with Crippen LogP contribution in [0.3, 0.4) is 0 Å². The van der Waals surface area contributed by atoms with Gasteiger partial charge in [-0.15, -0.1) is 0 Å². The van der Waals surface area contributed by atoms with Gasteiger partial charge in [-0.2, -0.15) is 5.10 Å². The minimum atomic E-state index is 0.680. The molecule has 4 unspecified atom stereocenters. The van der Waals surface area contributed by atoms with Gasteiger partial charge < -0.3 is 5.32 Å². The molecule has 20 heavy (non-hydrogen) atoms. The van der Waals surface area contributed by atoms with Crippen LogP contribution in [0.5, 0.6) is 0 Å². The van der Waals surface area contributed by atoms with E-state index in [9.17, 15) is 0 Å². The summed E-state index contributed by atoms with van der Waals surface area (Å²) >= 11 is 0. The second-order valence-corrected chi connectivity index (χ2v) is 7.62. The highest BCUT2D eigenvalue weighted by atomic mass is 15.3. The number of hydrogen-bond donors (Lipinski definition) is 1. The van der Waals surface area contributed by atoms with Crippen molar-refractivity contribution in [3.63, 3.8) is 0 Å². The van der Waals surface area contributed by atoms with Gasteiger partial charge in [0.15, 0.2) is 0 Å². The van der Waals surface area contributed by atoms with Crippen molar-refractivity contribution in [2.24, 2.45) is 23.7 Å². The van der Waals surface area contributed by atoms with Gasteiger partial charge in [0.2, 0.25) is 0 Å². The molecule has 0 aliphatic heterocycles. The molecule has 4 saturated carbocycles. The lowest BCUT2D eigenvalue weighted by atomic mass is 10.0. The highest BCUT2D eigenvalue weighted by Gasteiger charge is 2.64. The van der Waals surface area contributed by atoms with E-state index in [1.807, 2.05) is 0 Å². The van der Waals surface area contributed by atoms with Gasteiger partial charge >= 0.3 is 0 Å². The Hall–Kier alpha value is -0.830. The molecule has 4 aliphatic carbocycles. The molecule has 0 aromatic carbocycles. The maximum atomic E-state index is 4.79. The van der Waals surface area contributed by atoms with Crippen LogP contribution in [0.4, 0.5) is 0 Å². The lowest BCUT2D eigenvalue weighted by Crippen LogP contribution is -2.22. The van der Waals surface area contributed by atoms with Crippen LogP contribution in [-0.2, 0) is 6.54 Å². The van der Waals surface area contributed by atoms with Gasteiger partial charge in [-0.1, -0.05) is 12.8 Å². The zero-order valence-electron chi connectivity index (χ0n) is 12.2. The summed E-state index contributed by atoms with van der Waals surface area (Å²) in [5.74, 6) is 4.20. The van der Waals surface area contributed by atoms with Crippen LogP contribution in [0, 0.1) is 23.7 Å². The number of nitrogens with zero attached hydrogens (tertiary/aromatic N) is 2. The molecule has 3 nitrogen and oxygen atoms in total. The Morgan fingerprint density at radius 2 is 1.85 bits per heavy atom. The fourth-order valence-electron chi connectivity index (χ4n) is 5.66. The molecule has 0 radical (unpaired) electrons. The van der Waals surface area contributed by atoms with Crippen molar-refractivity contribution < 1.29 is 0 Å². The summed E-state index contributed by atoms with van der Waals surface area (Å²) in [7, 11) is 0. The molecule has 0 saturated heterocycles. The van der Waals surface area contributed by atoms with Crippen molar-refractivity contribution in [2.45, 2.75) is 63.6 Å². The highest BCUT2D eigenvalue weighted by molar-refractivity contribution is 5.17. The van der Waals surface area contributed by atoms with E-state index in [4.69, 9.17) is 5.10 Å². The van der Waals surface area contributed by atoms with Gasteiger partial charge in [0.1, 0.15) is 0 Å². The average Bonchev–Trinajstić information content (AvgIpc) is 3.05. The molecule has 5 rings (SSSR count). The summed E-state index contributed by atoms with van der Waals surface area (Å²) < 4.78 is 2.22. The lowest BCUT2D eigenvalue weighted by Gasteiger charge is -2.10. The SMILES string of the molecule is c1cn(C2CCCC2)nc1CNC1C2C3CCC(C3)C12. The largest absolute Gasteiger partial charge is 0.308 e. The molecule has 1 N–H and O–H groups in total. The van der Waals surface area contributed by atoms with E-state index >= 15 is 0 Å². The molecule has 0 spiro atoms. The summed E-state index contributed by atoms with van der Waals surface area (Å²) in [6.07, 6.45) is 12.2. The molecule has 2 bridgehead atoms. The third-order valence-electron chi connectivity index (χ3n) is 6.62. The smallest absolute Gasteiger partial charge is 0.0762 e. The number of nitrogens with one attached hydrogen (secondary N) is 1. The third kappa shape index (κ3) is 1.71. The molecular weight excluding hydrogens is 246 g/mol. The minimum absolute atomic E-state index is 0.680. The van der Waals surface area contributed by atoms with Crippen LogP contribution in [-0.4, -0.2) is 15.8 Å². The molecule has 4 atom stereocenters. The quantitative estimate of drug-likeness (QED) is 0.912. The van der Waals surface area contributed by atoms with Gasteiger partial charge in [-0.05, 0) is 61.8 Å². The molecule has 4 aliphatic rings. The molecule has 1 heterocycles. The van der Waals surface area contributed by atoms with Crippen LogP contribution >= 0.6 is 0 Å². The van der Waals surface area contributed by atoms with E-state index in [-0.39, 0.29) is 0 Å². The Morgan fingerprint density at radius 1 is 1.10 bits per heavy atom. The van der Waals surface area contributed by atoms with Crippen LogP contribution < -0.4 is 5.32 Å². The molecule has 1 aromatic rings. The van der Waals surface area contributed by atoms with Gasteiger partial charge in [-0.25, -0.2) is 0 Å². The second-order valence-electron chi connectivity index (χ2n) is 7.62. The first kappa shape index (κ1) is 11.8. The van der Waals surface area contributed by atoms with Crippen molar-refractivity contribution in [1.29, 1.82) is 0 Å². The van der Waals surface area contributed by atoms with Gasteiger partial charge in [0, 0.05) is 18.8 Å². The summed E-state index contributed by atoms with van der Waals surface area (Å²) in [4.78, 5) is 0. The fraction of sp³-hybridized carbons (Fsp3) is 0.824. The molecule has 0 amide bonds. The van der Waals surface area contributed by atoms with Crippen molar-refractivity contribution in [2.75, 3.05) is 0 Å². The minimum Gasteiger partial charge on any atom is -0.308 e. The standard InChI is InChI=1S/C17H25N3/c1-2-4-14(3-1)20-8-7-13(19-20)10-18-17-15-11-5-6-12(9-11)16(15)17/h7-8,11-12,14-18H,1-6,9-10H2. The number of hydrogen-bond acceptors (Lipinski definition) is 2. The van der Waals surface area contributed by atoms with Gasteiger partial charge in [0.05, 0.1) is 11.7 Å². The maximum absolute atomic E-state index is 4.79. The van der Waals surface area contributed by atoms with Crippen LogP contribution in [0.25, 0.3) is 0 Å². The van der Waals surface area contributed by atoms with E-state index in [1.54, 1.807) is 6.42 Å². The third-order valence-corrected chi connectivity index (χ3v) is 6.62. The summed E-state index contributed by atoms with van der Waals surface area (Å²) in [6, 6.07) is 3.73. The Balaban J connectivity index is 1.19. The van der Waals surface area contributed by atoms with Crippen LogP contribution in [0.1, 0.15) is 56.7 Å². The van der Waals surface area contributed by atoms with E-state index in [0.29, 0.717) is 6.04 Å². The topological polar surface area (TPSA) is 29.9 Å². The molecule has 108 valence electrons. The van der Waals surface area contributed by atoms with E-state index in [0.717, 1.165) is 36.3 Å². The Bertz CT molecular complexity index is 486. The summed E-state index contributed by atoms with van der Waals surface area (Å²) in [5.41, 5.74) is 1.24. The van der Waals surface area contributed by atoms with E-state index < -0.39 is 0 Å². The molecule has 4 fully saturated rings. The highest BCUT2D eigenvalue weighted by Crippen LogP contribution is 2.65. The average molecular weight is 271 g/mol. The zero-order chi connectivity index (χ0) is 13.1. The zero-order valence-corrected chi connectivity index (χ0v) is 12.2. The first-order valence-electron chi connectivity index (χ1n) is 8.67. The van der Waals surface area contributed by atoms with Gasteiger partial charge in [0.25, 0.3) is 0 Å². The van der Waals surface area contributed by atoms with Crippen molar-refractivity contribution in [1.82, 2.24) is 15.1 Å². The molecule has 1 aromatic heterocycles. The Labute approximate surface area is 121 Å². The second kappa shape index (κ2) is 4.33. The maximum Gasteiger partial charge on any atom is 0.0762 e. The normalized spacial score (nSPS) is 42.3. The fourth-order valence-corrected chi connectivity index (χ4v) is 5.66. The first-order valence-corrected chi connectivity index (χ1v) is 8.67. The predicted molar refractivity (Wildman–Crippen MR) is 78.2 cm³/mol. The molecular formula is C17H25N3. The summed E-state index contributed by atoms with van der Waals surface area (Å²) in [6.45, 7) is 0.983. The molecule has 3 heteroatoms. The van der Waals surface area contributed by atoms with E-state index in [1.165, 1.54) is 44.2 Å². The van der Waals surface area contributed by atoms with Crippen LogP contribution in [0.2, 0.25) is 0 Å². The first-order chi connectivity index (χ1) is 9.90.